The molecule has 88 heavy (non-hydrogen) atoms. The average Bonchev–Trinajstić information content (AvgIpc) is 0.819. The number of nitrogens with zero attached hydrogens (tertiary/aromatic N) is 4. The summed E-state index contributed by atoms with van der Waals surface area (Å²) in [5.74, 6) is 0. The highest BCUT2D eigenvalue weighted by Crippen LogP contribution is 2.57. The van der Waals surface area contributed by atoms with E-state index in [9.17, 15) is 21.9 Å². The lowest BCUT2D eigenvalue weighted by Crippen LogP contribution is -2.61. The van der Waals surface area contributed by atoms with Crippen molar-refractivity contribution >= 4 is 123 Å². The predicted octanol–water partition coefficient (Wildman–Crippen LogP) is 20.1. The molecule has 0 spiro atoms. The summed E-state index contributed by atoms with van der Waals surface area (Å²) in [6.07, 6.45) is 0. The number of hydrogen-bond acceptors (Lipinski definition) is 3. The van der Waals surface area contributed by atoms with Crippen LogP contribution < -0.4 is 26.2 Å². The van der Waals surface area contributed by atoms with Crippen LogP contribution in [0.15, 0.2) is 283 Å². The van der Waals surface area contributed by atoms with E-state index in [2.05, 4.69) is 0 Å². The van der Waals surface area contributed by atoms with Crippen molar-refractivity contribution in [3.63, 3.8) is 0 Å². The molecule has 0 fully saturated rings. The van der Waals surface area contributed by atoms with Crippen LogP contribution in [0.25, 0.3) is 121 Å². The van der Waals surface area contributed by atoms with E-state index in [4.69, 9.17) is 12.6 Å². The standard InChI is InChI=1S/C82H55BN4O/c1-82(2,3)53-47-74-78-75(48-53)87-79-56(50-22-5-4-6-23-50)33-20-34-63(79)57-27-8-7-26-55(57)51-24-19-25-52(46-51)77-71(85-69-38-16-11-30-60(69)61-31-12-17-39-70(61)85)45-44-66(80(77)87)83(78)65-43-42-54(84-67-36-14-9-28-58(67)59-29-10-15-37-68(59)84)49-73(65)86(74)72-40-21-35-64-62-32-13-18-41-76(62)88-81(64)72/h4-49H,1-3H3/i9D,10D,11D,12D,14D,15D,16D,17D,28D,29D,30D,31D,36D,37D,38D,39D,42D,43D,44D,45D,47D,48D. The van der Waals surface area contributed by atoms with E-state index in [-0.39, 0.29) is 129 Å². The van der Waals surface area contributed by atoms with Gasteiger partial charge in [-0.05, 0) is 128 Å². The van der Waals surface area contributed by atoms with Crippen LogP contribution in [0.3, 0.4) is 0 Å². The second-order valence-electron chi connectivity index (χ2n) is 23.4. The number of para-hydroxylation sites is 7. The normalized spacial score (nSPS) is 16.6. The van der Waals surface area contributed by atoms with Gasteiger partial charge in [0.2, 0.25) is 0 Å². The van der Waals surface area contributed by atoms with Gasteiger partial charge >= 0.3 is 0 Å². The first kappa shape index (κ1) is 32.4. The Morgan fingerprint density at radius 3 is 1.66 bits per heavy atom. The fourth-order valence-corrected chi connectivity index (χ4v) is 13.9. The molecule has 0 saturated heterocycles. The number of rotatable bonds is 4. The minimum absolute atomic E-state index is 0.0204. The van der Waals surface area contributed by atoms with Gasteiger partial charge in [0.15, 0.2) is 5.58 Å². The molecule has 3 aliphatic heterocycles. The molecule has 0 atom stereocenters. The summed E-state index contributed by atoms with van der Waals surface area (Å²) in [7, 11) is 0. The molecule has 0 N–H and O–H groups in total. The van der Waals surface area contributed by atoms with E-state index >= 15 is 0 Å². The van der Waals surface area contributed by atoms with Crippen molar-refractivity contribution in [1.29, 1.82) is 0 Å². The van der Waals surface area contributed by atoms with Gasteiger partial charge in [-0.2, -0.15) is 0 Å². The number of hydrogen-bond donors (Lipinski definition) is 0. The Labute approximate surface area is 540 Å². The average molecular weight is 1150 g/mol. The lowest BCUT2D eigenvalue weighted by atomic mass is 9.33. The highest BCUT2D eigenvalue weighted by Gasteiger charge is 2.47. The fraction of sp³-hybridized carbons (Fsp3) is 0.0488. The molecule has 6 heteroatoms. The summed E-state index contributed by atoms with van der Waals surface area (Å²) < 4.78 is 228. The van der Waals surface area contributed by atoms with E-state index in [1.807, 2.05) is 135 Å². The molecule has 0 amide bonds. The molecule has 0 saturated carbocycles. The van der Waals surface area contributed by atoms with Crippen LogP contribution >= 0.6 is 0 Å². The molecule has 2 bridgehead atoms. The van der Waals surface area contributed by atoms with Gasteiger partial charge in [0, 0.05) is 71.8 Å². The zero-order chi connectivity index (χ0) is 77.2. The number of aromatic nitrogens is 2. The fourth-order valence-electron chi connectivity index (χ4n) is 13.9. The quantitative estimate of drug-likeness (QED) is 0.165. The Morgan fingerprint density at radius 2 is 0.943 bits per heavy atom. The molecule has 3 aliphatic rings. The third-order valence-corrected chi connectivity index (χ3v) is 17.6. The van der Waals surface area contributed by atoms with E-state index < -0.39 is 133 Å². The minimum atomic E-state index is -1.64. The van der Waals surface area contributed by atoms with Crippen molar-refractivity contribution in [3.8, 4) is 55.9 Å². The van der Waals surface area contributed by atoms with E-state index in [1.165, 1.54) is 10.6 Å². The Bertz CT molecular complexity index is 6870. The maximum Gasteiger partial charge on any atom is 0.252 e. The first-order valence-corrected chi connectivity index (χ1v) is 28.9. The lowest BCUT2D eigenvalue weighted by molar-refractivity contribution is 0.590. The van der Waals surface area contributed by atoms with Crippen LogP contribution in [-0.2, 0) is 5.41 Å². The predicted molar refractivity (Wildman–Crippen MR) is 370 cm³/mol. The summed E-state index contributed by atoms with van der Waals surface area (Å²) in [5, 5.41) is 0.0706. The highest BCUT2D eigenvalue weighted by molar-refractivity contribution is 7.00. The third-order valence-electron chi connectivity index (χ3n) is 17.6. The van der Waals surface area contributed by atoms with Gasteiger partial charge in [-0.15, -0.1) is 0 Å². The van der Waals surface area contributed by atoms with Gasteiger partial charge in [0.25, 0.3) is 6.71 Å². The Kier molecular flexibility index (Phi) is 6.72. The molecule has 0 radical (unpaired) electrons. The van der Waals surface area contributed by atoms with Crippen molar-refractivity contribution in [3.05, 3.63) is 284 Å². The summed E-state index contributed by atoms with van der Waals surface area (Å²) >= 11 is 0. The minimum Gasteiger partial charge on any atom is -0.454 e. The van der Waals surface area contributed by atoms with Gasteiger partial charge in [-0.3, -0.25) is 0 Å². The smallest absolute Gasteiger partial charge is 0.252 e. The molecule has 0 unspecified atom stereocenters. The second kappa shape index (κ2) is 18.2. The van der Waals surface area contributed by atoms with E-state index in [0.717, 1.165) is 4.57 Å². The van der Waals surface area contributed by atoms with Crippen LogP contribution in [0.1, 0.15) is 56.5 Å². The van der Waals surface area contributed by atoms with Crippen LogP contribution in [0, 0.1) is 0 Å². The molecule has 6 heterocycles. The van der Waals surface area contributed by atoms with Crippen molar-refractivity contribution in [1.82, 2.24) is 9.13 Å². The summed E-state index contributed by atoms with van der Waals surface area (Å²) in [5.41, 5.74) is 2.58. The van der Waals surface area contributed by atoms with E-state index in [0.29, 0.717) is 61.0 Å². The van der Waals surface area contributed by atoms with Gasteiger partial charge in [0.05, 0.1) is 75.0 Å². The number of furan rings is 1. The molecule has 0 aliphatic carbocycles. The molecule has 3 aromatic heterocycles. The Hall–Kier alpha value is -11.1. The molecule has 13 aromatic carbocycles. The first-order chi connectivity index (χ1) is 52.5. The van der Waals surface area contributed by atoms with Crippen LogP contribution in [0.4, 0.5) is 34.1 Å². The summed E-state index contributed by atoms with van der Waals surface area (Å²) in [6.45, 7) is 3.95. The molecule has 19 rings (SSSR count). The van der Waals surface area contributed by atoms with Crippen molar-refractivity contribution in [2.75, 3.05) is 9.80 Å². The van der Waals surface area contributed by atoms with Crippen LogP contribution in [-0.4, -0.2) is 15.8 Å². The SMILES string of the molecule is [2H]c1c(-n2c3c([2H])c([2H])c([2H])c([2H])c3c3c([2H])c([2H])c([2H])c([2H])c32)cc2c(c1[2H])B1c3c(c([2H])c(C(C)(C)C)c([2H])c3N2c2cccc3c2oc2ccccc23)N2c3c(-c4ccccc4)cccc3-c3ccccc3-c3cccc(c3)-c3c2c1c([2H])c([2H])c3-n1c2c([2H])c([2H])c([2H])c([2H])c2c2c([2H])c([2H])c([2H])c([2H])c21. The van der Waals surface area contributed by atoms with Gasteiger partial charge < -0.3 is 23.4 Å². The maximum absolute atomic E-state index is 11.5. The monoisotopic (exact) mass is 1140 g/mol. The van der Waals surface area contributed by atoms with Crippen molar-refractivity contribution in [2.24, 2.45) is 0 Å². The topological polar surface area (TPSA) is 29.5 Å². The Balaban J connectivity index is 1.10. The summed E-state index contributed by atoms with van der Waals surface area (Å²) in [4.78, 5) is 3.58. The Morgan fingerprint density at radius 1 is 0.386 bits per heavy atom. The molecule has 5 nitrogen and oxygen atoms in total. The third kappa shape index (κ3) is 6.83. The van der Waals surface area contributed by atoms with Gasteiger partial charge in [0.1, 0.15) is 5.58 Å². The van der Waals surface area contributed by atoms with Crippen LogP contribution in [0.5, 0.6) is 0 Å². The number of anilines is 6. The molecular weight excluding hydrogens is 1070 g/mol. The zero-order valence-electron chi connectivity index (χ0n) is 69.1. The number of benzene rings is 13. The summed E-state index contributed by atoms with van der Waals surface area (Å²) in [6, 6.07) is 30.4. The second-order valence-corrected chi connectivity index (χ2v) is 23.4. The number of fused-ring (bicyclic) bond motifs is 21. The highest BCUT2D eigenvalue weighted by atomic mass is 16.3. The van der Waals surface area contributed by atoms with Crippen molar-refractivity contribution < 1.29 is 34.6 Å². The van der Waals surface area contributed by atoms with Crippen LogP contribution in [0.2, 0.25) is 0 Å². The lowest BCUT2D eigenvalue weighted by Gasteiger charge is -2.47. The molecule has 412 valence electrons. The first-order valence-electron chi connectivity index (χ1n) is 39.9. The van der Waals surface area contributed by atoms with E-state index in [1.54, 1.807) is 35.2 Å². The van der Waals surface area contributed by atoms with Crippen molar-refractivity contribution in [2.45, 2.75) is 26.2 Å². The zero-order valence-corrected chi connectivity index (χ0v) is 47.1. The maximum atomic E-state index is 11.5. The largest absolute Gasteiger partial charge is 0.454 e. The molecule has 16 aromatic rings. The van der Waals surface area contributed by atoms with Gasteiger partial charge in [-0.1, -0.05) is 227 Å². The van der Waals surface area contributed by atoms with Gasteiger partial charge in [-0.25, -0.2) is 0 Å². The molecular formula is C82H55BN4O.